The quantitative estimate of drug-likeness (QED) is 0.749. The fourth-order valence-corrected chi connectivity index (χ4v) is 2.70. The lowest BCUT2D eigenvalue weighted by Gasteiger charge is -2.09. The van der Waals surface area contributed by atoms with Crippen molar-refractivity contribution in [3.63, 3.8) is 0 Å². The molecule has 0 fully saturated rings. The molecular formula is C20H21N3O2. The number of carbonyl (C=O) groups excluding carboxylic acids is 1. The summed E-state index contributed by atoms with van der Waals surface area (Å²) in [6.45, 7) is 6.17. The Balaban J connectivity index is 1.93. The Morgan fingerprint density at radius 3 is 2.48 bits per heavy atom. The van der Waals surface area contributed by atoms with Crippen LogP contribution in [0.5, 0.6) is 0 Å². The first-order valence-corrected chi connectivity index (χ1v) is 8.45. The summed E-state index contributed by atoms with van der Waals surface area (Å²) < 4.78 is 4.91. The van der Waals surface area contributed by atoms with Crippen molar-refractivity contribution < 1.29 is 9.42 Å². The number of amides is 1. The number of carbonyl (C=O) groups is 1. The molecule has 5 nitrogen and oxygen atoms in total. The molecule has 1 amide bonds. The van der Waals surface area contributed by atoms with Gasteiger partial charge < -0.3 is 5.32 Å². The molecular weight excluding hydrogens is 314 g/mol. The fraction of sp³-hybridized carbons (Fsp3) is 0.250. The fourth-order valence-electron chi connectivity index (χ4n) is 2.70. The highest BCUT2D eigenvalue weighted by Crippen LogP contribution is 2.29. The first-order valence-electron chi connectivity index (χ1n) is 8.45. The van der Waals surface area contributed by atoms with Crippen molar-refractivity contribution in [3.8, 4) is 11.3 Å². The van der Waals surface area contributed by atoms with E-state index in [0.29, 0.717) is 17.1 Å². The molecule has 0 spiro atoms. The van der Waals surface area contributed by atoms with Crippen LogP contribution in [0.1, 0.15) is 40.9 Å². The summed E-state index contributed by atoms with van der Waals surface area (Å²) in [6.07, 6.45) is 1.78. The van der Waals surface area contributed by atoms with Gasteiger partial charge in [-0.15, -0.1) is 0 Å². The van der Waals surface area contributed by atoms with Crippen LogP contribution < -0.4 is 5.32 Å². The molecule has 25 heavy (non-hydrogen) atoms. The van der Waals surface area contributed by atoms with E-state index in [9.17, 15) is 4.79 Å². The van der Waals surface area contributed by atoms with Crippen LogP contribution in [0.15, 0.2) is 47.1 Å². The van der Waals surface area contributed by atoms with Crippen molar-refractivity contribution in [2.45, 2.75) is 33.6 Å². The van der Waals surface area contributed by atoms with E-state index in [1.54, 1.807) is 12.1 Å². The average Bonchev–Trinajstić information content (AvgIpc) is 3.09. The topological polar surface area (TPSA) is 68.0 Å². The van der Waals surface area contributed by atoms with Crippen molar-refractivity contribution >= 4 is 11.7 Å². The largest absolute Gasteiger partial charge is 0.302 e. The first-order chi connectivity index (χ1) is 12.1. The van der Waals surface area contributed by atoms with Gasteiger partial charge in [-0.25, -0.2) is 4.63 Å². The van der Waals surface area contributed by atoms with Crippen LogP contribution in [-0.2, 0) is 12.8 Å². The smallest absolute Gasteiger partial charge is 0.256 e. The van der Waals surface area contributed by atoms with Crippen LogP contribution in [0.3, 0.4) is 0 Å². The molecule has 0 saturated carbocycles. The number of anilines is 1. The van der Waals surface area contributed by atoms with Gasteiger partial charge in [0, 0.05) is 11.1 Å². The Hall–Kier alpha value is -2.95. The zero-order valence-corrected chi connectivity index (χ0v) is 14.7. The van der Waals surface area contributed by atoms with Gasteiger partial charge in [0.2, 0.25) is 5.82 Å². The zero-order chi connectivity index (χ0) is 17.8. The second-order valence-corrected chi connectivity index (χ2v) is 5.98. The highest BCUT2D eigenvalue weighted by atomic mass is 16.6. The average molecular weight is 335 g/mol. The normalized spacial score (nSPS) is 10.7. The monoisotopic (exact) mass is 335 g/mol. The molecule has 3 aromatic rings. The minimum absolute atomic E-state index is 0.235. The third-order valence-corrected chi connectivity index (χ3v) is 4.25. The Morgan fingerprint density at radius 2 is 1.80 bits per heavy atom. The summed E-state index contributed by atoms with van der Waals surface area (Å²) in [5.74, 6) is 0.107. The lowest BCUT2D eigenvalue weighted by Crippen LogP contribution is -2.13. The van der Waals surface area contributed by atoms with Gasteiger partial charge in [-0.2, -0.15) is 0 Å². The summed E-state index contributed by atoms with van der Waals surface area (Å²) in [6, 6.07) is 13.7. The van der Waals surface area contributed by atoms with E-state index >= 15 is 0 Å². The zero-order valence-electron chi connectivity index (χ0n) is 14.7. The standard InChI is InChI=1S/C20H21N3O2/c1-4-14-8-11-15(5-2)17(12-14)18-19(23-25-22-18)21-20(24)16-9-6-13(3)7-10-16/h6-12H,4-5H2,1-3H3,(H,21,23,24). The van der Waals surface area contributed by atoms with E-state index in [4.69, 9.17) is 4.63 Å². The molecule has 0 aliphatic rings. The highest BCUT2D eigenvalue weighted by molar-refractivity contribution is 6.05. The molecule has 0 bridgehead atoms. The number of hydrogen-bond donors (Lipinski definition) is 1. The van der Waals surface area contributed by atoms with Gasteiger partial charge in [0.1, 0.15) is 0 Å². The molecule has 128 valence electrons. The van der Waals surface area contributed by atoms with Gasteiger partial charge in [0.05, 0.1) is 0 Å². The van der Waals surface area contributed by atoms with Gasteiger partial charge >= 0.3 is 0 Å². The van der Waals surface area contributed by atoms with Gasteiger partial charge in [0.15, 0.2) is 5.69 Å². The van der Waals surface area contributed by atoms with E-state index in [2.05, 4.69) is 47.7 Å². The van der Waals surface area contributed by atoms with E-state index in [1.807, 2.05) is 19.1 Å². The van der Waals surface area contributed by atoms with Crippen molar-refractivity contribution in [1.82, 2.24) is 10.3 Å². The van der Waals surface area contributed by atoms with Gasteiger partial charge in [0.25, 0.3) is 5.91 Å². The Labute approximate surface area is 147 Å². The van der Waals surface area contributed by atoms with Crippen LogP contribution in [-0.4, -0.2) is 16.2 Å². The number of nitrogens with one attached hydrogen (secondary N) is 1. The maximum atomic E-state index is 12.5. The van der Waals surface area contributed by atoms with E-state index in [0.717, 1.165) is 29.5 Å². The minimum atomic E-state index is -0.235. The Bertz CT molecular complexity index is 882. The van der Waals surface area contributed by atoms with Crippen molar-refractivity contribution in [3.05, 3.63) is 64.7 Å². The second kappa shape index (κ2) is 7.30. The maximum absolute atomic E-state index is 12.5. The molecule has 0 saturated heterocycles. The maximum Gasteiger partial charge on any atom is 0.256 e. The molecule has 1 N–H and O–H groups in total. The third-order valence-electron chi connectivity index (χ3n) is 4.25. The summed E-state index contributed by atoms with van der Waals surface area (Å²) in [5, 5.41) is 10.7. The van der Waals surface area contributed by atoms with Crippen LogP contribution in [0.2, 0.25) is 0 Å². The first kappa shape index (κ1) is 16.9. The van der Waals surface area contributed by atoms with Crippen LogP contribution >= 0.6 is 0 Å². The molecule has 0 atom stereocenters. The molecule has 3 rings (SSSR count). The SMILES string of the molecule is CCc1ccc(CC)c(-c2nonc2NC(=O)c2ccc(C)cc2)c1. The number of nitrogens with zero attached hydrogens (tertiary/aromatic N) is 2. The summed E-state index contributed by atoms with van der Waals surface area (Å²) >= 11 is 0. The molecule has 0 radical (unpaired) electrons. The lowest BCUT2D eigenvalue weighted by molar-refractivity contribution is 0.102. The van der Waals surface area contributed by atoms with E-state index in [-0.39, 0.29) is 5.91 Å². The highest BCUT2D eigenvalue weighted by Gasteiger charge is 2.18. The minimum Gasteiger partial charge on any atom is -0.302 e. The molecule has 1 aromatic heterocycles. The Morgan fingerprint density at radius 1 is 1.04 bits per heavy atom. The van der Waals surface area contributed by atoms with Crippen molar-refractivity contribution in [2.75, 3.05) is 5.32 Å². The predicted octanol–water partition coefficient (Wildman–Crippen LogP) is 4.42. The van der Waals surface area contributed by atoms with E-state index < -0.39 is 0 Å². The van der Waals surface area contributed by atoms with Gasteiger partial charge in [-0.3, -0.25) is 4.79 Å². The molecule has 2 aromatic carbocycles. The van der Waals surface area contributed by atoms with Crippen molar-refractivity contribution in [2.24, 2.45) is 0 Å². The van der Waals surface area contributed by atoms with Crippen molar-refractivity contribution in [1.29, 1.82) is 0 Å². The third kappa shape index (κ3) is 3.60. The summed E-state index contributed by atoms with van der Waals surface area (Å²) in [5.41, 5.74) is 5.52. The number of hydrogen-bond acceptors (Lipinski definition) is 4. The van der Waals surface area contributed by atoms with Gasteiger partial charge in [-0.1, -0.05) is 43.7 Å². The number of rotatable bonds is 5. The van der Waals surface area contributed by atoms with Crippen LogP contribution in [0.4, 0.5) is 5.82 Å². The number of benzene rings is 2. The predicted molar refractivity (Wildman–Crippen MR) is 97.6 cm³/mol. The lowest BCUT2D eigenvalue weighted by atomic mass is 9.98. The summed E-state index contributed by atoms with van der Waals surface area (Å²) in [4.78, 5) is 12.5. The van der Waals surface area contributed by atoms with Crippen LogP contribution in [0, 0.1) is 6.92 Å². The van der Waals surface area contributed by atoms with Crippen LogP contribution in [0.25, 0.3) is 11.3 Å². The molecule has 0 aliphatic carbocycles. The van der Waals surface area contributed by atoms with Gasteiger partial charge in [-0.05, 0) is 59.4 Å². The number of aromatic nitrogens is 2. The summed E-state index contributed by atoms with van der Waals surface area (Å²) in [7, 11) is 0. The molecule has 0 aliphatic heterocycles. The number of aryl methyl sites for hydroxylation is 3. The Kier molecular flexibility index (Phi) is 4.93. The molecule has 0 unspecified atom stereocenters. The molecule has 1 heterocycles. The second-order valence-electron chi connectivity index (χ2n) is 5.98. The molecule has 5 heteroatoms. The van der Waals surface area contributed by atoms with E-state index in [1.165, 1.54) is 5.56 Å².